The fourth-order valence-electron chi connectivity index (χ4n) is 1.29. The largest absolute Gasteiger partial charge is 0.495 e. The van der Waals surface area contributed by atoms with Gasteiger partial charge >= 0.3 is 6.09 Å². The molecule has 19 heavy (non-hydrogen) atoms. The topological polar surface area (TPSA) is 134 Å². The van der Waals surface area contributed by atoms with Gasteiger partial charge in [-0.25, -0.2) is 17.9 Å². The number of anilines is 1. The molecule has 0 heterocycles. The molecule has 1 aromatic carbocycles. The first-order chi connectivity index (χ1) is 8.86. The van der Waals surface area contributed by atoms with Crippen molar-refractivity contribution in [3.63, 3.8) is 0 Å². The van der Waals surface area contributed by atoms with Crippen molar-refractivity contribution in [1.29, 1.82) is 0 Å². The Morgan fingerprint density at radius 1 is 1.42 bits per heavy atom. The highest BCUT2D eigenvalue weighted by molar-refractivity contribution is 7.89. The normalized spacial score (nSPS) is 11.0. The van der Waals surface area contributed by atoms with Crippen molar-refractivity contribution in [2.24, 2.45) is 5.73 Å². The van der Waals surface area contributed by atoms with E-state index in [0.29, 0.717) is 5.75 Å². The van der Waals surface area contributed by atoms with Gasteiger partial charge in [-0.1, -0.05) is 0 Å². The molecule has 106 valence electrons. The van der Waals surface area contributed by atoms with Crippen LogP contribution in [0, 0.1) is 0 Å². The molecule has 0 bridgehead atoms. The highest BCUT2D eigenvalue weighted by atomic mass is 32.2. The van der Waals surface area contributed by atoms with Gasteiger partial charge in [0.25, 0.3) is 0 Å². The number of nitrogens with one attached hydrogen (secondary N) is 1. The lowest BCUT2D eigenvalue weighted by molar-refractivity contribution is 0.159. The van der Waals surface area contributed by atoms with E-state index in [1.807, 2.05) is 0 Å². The summed E-state index contributed by atoms with van der Waals surface area (Å²) in [4.78, 5) is 10.3. The minimum atomic E-state index is -3.72. The van der Waals surface area contributed by atoms with E-state index < -0.39 is 16.1 Å². The van der Waals surface area contributed by atoms with Gasteiger partial charge in [0.1, 0.15) is 12.4 Å². The van der Waals surface area contributed by atoms with Crippen LogP contribution >= 0.6 is 0 Å². The molecule has 1 amide bonds. The molecule has 0 unspecified atom stereocenters. The van der Waals surface area contributed by atoms with Crippen LogP contribution in [-0.2, 0) is 14.8 Å². The number of nitrogen functional groups attached to an aromatic ring is 1. The molecule has 0 aliphatic rings. The Hall–Kier alpha value is -2.00. The molecule has 0 saturated heterocycles. The van der Waals surface area contributed by atoms with Gasteiger partial charge < -0.3 is 20.9 Å². The minimum absolute atomic E-state index is 0.00937. The first kappa shape index (κ1) is 15.1. The Labute approximate surface area is 110 Å². The number of carbonyl (C=O) groups excluding carboxylic acids is 1. The minimum Gasteiger partial charge on any atom is -0.495 e. The second-order valence-corrected chi connectivity index (χ2v) is 5.24. The number of primary amides is 1. The maximum absolute atomic E-state index is 11.8. The number of methoxy groups -OCH3 is 1. The van der Waals surface area contributed by atoms with E-state index in [1.54, 1.807) is 0 Å². The number of rotatable bonds is 6. The molecule has 0 aliphatic carbocycles. The second kappa shape index (κ2) is 6.25. The van der Waals surface area contributed by atoms with E-state index in [1.165, 1.54) is 25.3 Å². The maximum Gasteiger partial charge on any atom is 0.404 e. The third-order valence-corrected chi connectivity index (χ3v) is 3.61. The first-order valence-corrected chi connectivity index (χ1v) is 6.70. The van der Waals surface area contributed by atoms with Crippen molar-refractivity contribution in [1.82, 2.24) is 4.72 Å². The van der Waals surface area contributed by atoms with Crippen LogP contribution in [0.2, 0.25) is 0 Å². The lowest BCUT2D eigenvalue weighted by atomic mass is 10.3. The lowest BCUT2D eigenvalue weighted by Gasteiger charge is -2.09. The molecule has 9 heteroatoms. The predicted molar refractivity (Wildman–Crippen MR) is 68.1 cm³/mol. The van der Waals surface area contributed by atoms with Gasteiger partial charge in [-0.05, 0) is 18.2 Å². The van der Waals surface area contributed by atoms with Gasteiger partial charge in [-0.2, -0.15) is 0 Å². The van der Waals surface area contributed by atoms with Crippen LogP contribution in [0.3, 0.4) is 0 Å². The summed E-state index contributed by atoms with van der Waals surface area (Å²) in [7, 11) is -2.29. The number of ether oxygens (including phenoxy) is 2. The molecular formula is C10H15N3O5S. The van der Waals surface area contributed by atoms with E-state index in [0.717, 1.165) is 0 Å². The molecule has 0 atom stereocenters. The monoisotopic (exact) mass is 289 g/mol. The standard InChI is InChI=1S/C10H15N3O5S/c1-17-9-3-2-7(6-8(9)11)19(15,16)13-4-5-18-10(12)14/h2-3,6,13H,4-5,11H2,1H3,(H2,12,14). The molecule has 5 N–H and O–H groups in total. The summed E-state index contributed by atoms with van der Waals surface area (Å²) in [6.45, 7) is -0.239. The van der Waals surface area contributed by atoms with E-state index in [2.05, 4.69) is 9.46 Å². The van der Waals surface area contributed by atoms with E-state index in [9.17, 15) is 13.2 Å². The SMILES string of the molecule is COc1ccc(S(=O)(=O)NCCOC(N)=O)cc1N. The quantitative estimate of drug-likeness (QED) is 0.484. The lowest BCUT2D eigenvalue weighted by Crippen LogP contribution is -2.29. The number of hydrogen-bond acceptors (Lipinski definition) is 6. The van der Waals surface area contributed by atoms with Crippen LogP contribution in [0.15, 0.2) is 23.1 Å². The molecule has 0 spiro atoms. The fourth-order valence-corrected chi connectivity index (χ4v) is 2.34. The molecule has 1 aromatic rings. The molecule has 0 aromatic heterocycles. The highest BCUT2D eigenvalue weighted by Crippen LogP contribution is 2.24. The van der Waals surface area contributed by atoms with Gasteiger partial charge in [0.15, 0.2) is 0 Å². The fraction of sp³-hybridized carbons (Fsp3) is 0.300. The van der Waals surface area contributed by atoms with Crippen LogP contribution in [-0.4, -0.2) is 34.8 Å². The third kappa shape index (κ3) is 4.30. The summed E-state index contributed by atoms with van der Waals surface area (Å²) in [5, 5.41) is 0. The highest BCUT2D eigenvalue weighted by Gasteiger charge is 2.15. The summed E-state index contributed by atoms with van der Waals surface area (Å²) in [5.41, 5.74) is 10.6. The summed E-state index contributed by atoms with van der Waals surface area (Å²) >= 11 is 0. The summed E-state index contributed by atoms with van der Waals surface area (Å²) in [6.07, 6.45) is -0.965. The van der Waals surface area contributed by atoms with Gasteiger partial charge in [0.2, 0.25) is 10.0 Å². The molecule has 0 fully saturated rings. The molecular weight excluding hydrogens is 274 g/mol. The van der Waals surface area contributed by atoms with Crippen molar-refractivity contribution in [2.75, 3.05) is 26.0 Å². The molecule has 0 saturated carbocycles. The van der Waals surface area contributed by atoms with Crippen LogP contribution in [0.4, 0.5) is 10.5 Å². The zero-order valence-electron chi connectivity index (χ0n) is 10.3. The second-order valence-electron chi connectivity index (χ2n) is 3.47. The van der Waals surface area contributed by atoms with Crippen LogP contribution < -0.4 is 20.9 Å². The molecule has 1 rings (SSSR count). The zero-order chi connectivity index (χ0) is 14.5. The van der Waals surface area contributed by atoms with E-state index in [-0.39, 0.29) is 23.7 Å². The average molecular weight is 289 g/mol. The number of carbonyl (C=O) groups is 1. The molecule has 0 radical (unpaired) electrons. The molecule has 0 aliphatic heterocycles. The molecule has 8 nitrogen and oxygen atoms in total. The van der Waals surface area contributed by atoms with Gasteiger partial charge in [0, 0.05) is 6.54 Å². The van der Waals surface area contributed by atoms with Crippen LogP contribution in [0.25, 0.3) is 0 Å². The third-order valence-electron chi connectivity index (χ3n) is 2.15. The zero-order valence-corrected chi connectivity index (χ0v) is 11.1. The smallest absolute Gasteiger partial charge is 0.404 e. The van der Waals surface area contributed by atoms with Crippen molar-refractivity contribution >= 4 is 21.8 Å². The Bertz CT molecular complexity index is 558. The number of benzene rings is 1. The summed E-state index contributed by atoms with van der Waals surface area (Å²) in [6, 6.07) is 4.08. The van der Waals surface area contributed by atoms with Crippen molar-refractivity contribution < 1.29 is 22.7 Å². The Morgan fingerprint density at radius 3 is 2.63 bits per heavy atom. The Morgan fingerprint density at radius 2 is 2.11 bits per heavy atom. The average Bonchev–Trinajstić information content (AvgIpc) is 2.34. The van der Waals surface area contributed by atoms with Gasteiger partial charge in [-0.15, -0.1) is 0 Å². The van der Waals surface area contributed by atoms with Gasteiger partial charge in [-0.3, -0.25) is 0 Å². The van der Waals surface area contributed by atoms with Gasteiger partial charge in [0.05, 0.1) is 17.7 Å². The number of nitrogens with two attached hydrogens (primary N) is 2. The summed E-state index contributed by atoms with van der Waals surface area (Å²) < 4.78 is 35.3. The van der Waals surface area contributed by atoms with Crippen molar-refractivity contribution in [3.05, 3.63) is 18.2 Å². The van der Waals surface area contributed by atoms with E-state index in [4.69, 9.17) is 16.2 Å². The number of amides is 1. The Balaban J connectivity index is 2.72. The van der Waals surface area contributed by atoms with Crippen molar-refractivity contribution in [3.8, 4) is 5.75 Å². The van der Waals surface area contributed by atoms with Crippen LogP contribution in [0.1, 0.15) is 0 Å². The number of sulfonamides is 1. The van der Waals surface area contributed by atoms with Crippen LogP contribution in [0.5, 0.6) is 5.75 Å². The van der Waals surface area contributed by atoms with Crippen molar-refractivity contribution in [2.45, 2.75) is 4.90 Å². The summed E-state index contributed by atoms with van der Waals surface area (Å²) in [5.74, 6) is 0.385. The number of hydrogen-bond donors (Lipinski definition) is 3. The van der Waals surface area contributed by atoms with E-state index >= 15 is 0 Å². The predicted octanol–water partition coefficient (Wildman–Crippen LogP) is -0.349. The Kier molecular flexibility index (Phi) is 4.95. The first-order valence-electron chi connectivity index (χ1n) is 5.22. The maximum atomic E-state index is 11.8.